The van der Waals surface area contributed by atoms with Crippen molar-refractivity contribution >= 4 is 38.8 Å². The van der Waals surface area contributed by atoms with Crippen LogP contribution in [-0.4, -0.2) is 15.9 Å². The Bertz CT molecular complexity index is 619. The summed E-state index contributed by atoms with van der Waals surface area (Å²) in [6.45, 7) is 12.3. The molecule has 0 radical (unpaired) electrons. The smallest absolute Gasteiger partial charge is 0.0494 e. The van der Waals surface area contributed by atoms with Crippen molar-refractivity contribution in [2.45, 2.75) is 58.9 Å². The molecule has 4 heteroatoms. The van der Waals surface area contributed by atoms with Gasteiger partial charge in [-0.3, -0.25) is 4.72 Å². The number of halogens is 1. The number of benzene rings is 1. The van der Waals surface area contributed by atoms with E-state index in [9.17, 15) is 0 Å². The number of hydrogen-bond acceptors (Lipinski definition) is 2. The number of nitrogens with one attached hydrogen (secondary N) is 1. The summed E-state index contributed by atoms with van der Waals surface area (Å²) in [6.07, 6.45) is 3.40. The Labute approximate surface area is 147 Å². The molecule has 2 rings (SSSR count). The standard InChI is InChI=1S/C18H27BrN2S/c1-12(2)10-21-11-15(8-14(5)20-22-13(3)4)17-7-6-16(19)9-18(17)21/h6-7,9,11-14,20H,8,10H2,1-5H3. The molecule has 1 heterocycles. The van der Waals surface area contributed by atoms with Gasteiger partial charge in [-0.05, 0) is 37.0 Å². The van der Waals surface area contributed by atoms with Crippen LogP contribution in [0.2, 0.25) is 0 Å². The van der Waals surface area contributed by atoms with E-state index in [1.807, 2.05) is 11.9 Å². The highest BCUT2D eigenvalue weighted by molar-refractivity contribution is 9.10. The van der Waals surface area contributed by atoms with Gasteiger partial charge in [0.15, 0.2) is 0 Å². The van der Waals surface area contributed by atoms with Crippen LogP contribution in [-0.2, 0) is 13.0 Å². The summed E-state index contributed by atoms with van der Waals surface area (Å²) in [7, 11) is 0. The van der Waals surface area contributed by atoms with Crippen molar-refractivity contribution in [3.05, 3.63) is 34.4 Å². The average Bonchev–Trinajstić information content (AvgIpc) is 2.73. The summed E-state index contributed by atoms with van der Waals surface area (Å²) in [5.74, 6) is 0.648. The van der Waals surface area contributed by atoms with Gasteiger partial charge in [0.1, 0.15) is 0 Å². The van der Waals surface area contributed by atoms with E-state index in [0.29, 0.717) is 17.2 Å². The van der Waals surface area contributed by atoms with E-state index >= 15 is 0 Å². The molecular formula is C18H27BrN2S. The zero-order valence-electron chi connectivity index (χ0n) is 14.2. The first kappa shape index (κ1) is 17.9. The number of nitrogens with zero attached hydrogens (tertiary/aromatic N) is 1. The van der Waals surface area contributed by atoms with E-state index in [4.69, 9.17) is 0 Å². The van der Waals surface area contributed by atoms with E-state index in [-0.39, 0.29) is 0 Å². The molecule has 1 atom stereocenters. The maximum Gasteiger partial charge on any atom is 0.0494 e. The van der Waals surface area contributed by atoms with Crippen molar-refractivity contribution in [3.8, 4) is 0 Å². The highest BCUT2D eigenvalue weighted by Crippen LogP contribution is 2.27. The molecule has 122 valence electrons. The summed E-state index contributed by atoms with van der Waals surface area (Å²) in [5, 5.41) is 1.99. The van der Waals surface area contributed by atoms with Crippen LogP contribution < -0.4 is 4.72 Å². The third-order valence-corrected chi connectivity index (χ3v) is 5.02. The zero-order chi connectivity index (χ0) is 16.3. The Morgan fingerprint density at radius 1 is 1.18 bits per heavy atom. The van der Waals surface area contributed by atoms with Gasteiger partial charge in [0.05, 0.1) is 0 Å². The monoisotopic (exact) mass is 382 g/mol. The third-order valence-electron chi connectivity index (χ3n) is 3.52. The van der Waals surface area contributed by atoms with Crippen LogP contribution in [0.15, 0.2) is 28.9 Å². The molecule has 0 spiro atoms. The van der Waals surface area contributed by atoms with E-state index in [1.54, 1.807) is 0 Å². The van der Waals surface area contributed by atoms with Gasteiger partial charge in [0.25, 0.3) is 0 Å². The Morgan fingerprint density at radius 3 is 2.55 bits per heavy atom. The zero-order valence-corrected chi connectivity index (χ0v) is 16.6. The second-order valence-corrected chi connectivity index (χ2v) is 9.08. The van der Waals surface area contributed by atoms with Crippen molar-refractivity contribution in [1.82, 2.24) is 9.29 Å². The Kier molecular flexibility index (Phi) is 6.42. The second-order valence-electron chi connectivity index (χ2n) is 6.75. The molecule has 0 saturated heterocycles. The van der Waals surface area contributed by atoms with Crippen LogP contribution in [0.3, 0.4) is 0 Å². The molecule has 0 aliphatic rings. The SMILES string of the molecule is CC(C)Cn1cc(CC(C)NSC(C)C)c2ccc(Br)cc21. The lowest BCUT2D eigenvalue weighted by Gasteiger charge is -2.14. The van der Waals surface area contributed by atoms with Gasteiger partial charge in [-0.25, -0.2) is 0 Å². The lowest BCUT2D eigenvalue weighted by molar-refractivity contribution is 0.534. The lowest BCUT2D eigenvalue weighted by Crippen LogP contribution is -2.23. The molecule has 0 fully saturated rings. The van der Waals surface area contributed by atoms with E-state index in [1.165, 1.54) is 16.5 Å². The first-order valence-corrected chi connectivity index (χ1v) is 9.72. The molecular weight excluding hydrogens is 356 g/mol. The van der Waals surface area contributed by atoms with Crippen molar-refractivity contribution < 1.29 is 0 Å². The molecule has 22 heavy (non-hydrogen) atoms. The van der Waals surface area contributed by atoms with Crippen molar-refractivity contribution in [3.63, 3.8) is 0 Å². The fraction of sp³-hybridized carbons (Fsp3) is 0.556. The summed E-state index contributed by atoms with van der Waals surface area (Å²) in [6, 6.07) is 7.09. The molecule has 2 nitrogen and oxygen atoms in total. The number of aromatic nitrogens is 1. The van der Waals surface area contributed by atoms with Gasteiger partial charge < -0.3 is 4.57 Å². The largest absolute Gasteiger partial charge is 0.347 e. The molecule has 0 amide bonds. The Hall–Kier alpha value is -0.450. The van der Waals surface area contributed by atoms with Crippen molar-refractivity contribution in [2.75, 3.05) is 0 Å². The molecule has 1 aromatic heterocycles. The lowest BCUT2D eigenvalue weighted by atomic mass is 10.1. The van der Waals surface area contributed by atoms with Gasteiger partial charge >= 0.3 is 0 Å². The van der Waals surface area contributed by atoms with Gasteiger partial charge in [0.2, 0.25) is 0 Å². The van der Waals surface area contributed by atoms with Gasteiger partial charge in [-0.1, -0.05) is 61.6 Å². The summed E-state index contributed by atoms with van der Waals surface area (Å²) < 4.78 is 7.11. The Morgan fingerprint density at radius 2 is 1.91 bits per heavy atom. The first-order valence-electron chi connectivity index (χ1n) is 8.05. The minimum atomic E-state index is 0.467. The minimum absolute atomic E-state index is 0.467. The number of hydrogen-bond donors (Lipinski definition) is 1. The molecule has 0 aliphatic carbocycles. The summed E-state index contributed by atoms with van der Waals surface area (Å²) in [5.41, 5.74) is 2.77. The average molecular weight is 383 g/mol. The first-order chi connectivity index (χ1) is 10.4. The summed E-state index contributed by atoms with van der Waals surface area (Å²) in [4.78, 5) is 0. The normalized spacial score (nSPS) is 13.5. The van der Waals surface area contributed by atoms with Gasteiger partial charge in [-0.15, -0.1) is 0 Å². The van der Waals surface area contributed by atoms with Crippen LogP contribution in [0.1, 0.15) is 40.2 Å². The van der Waals surface area contributed by atoms with E-state index < -0.39 is 0 Å². The summed E-state index contributed by atoms with van der Waals surface area (Å²) >= 11 is 5.42. The fourth-order valence-corrected chi connectivity index (χ4v) is 3.61. The molecule has 0 saturated carbocycles. The molecule has 0 bridgehead atoms. The van der Waals surface area contributed by atoms with Crippen LogP contribution in [0.4, 0.5) is 0 Å². The van der Waals surface area contributed by atoms with Crippen LogP contribution in [0.5, 0.6) is 0 Å². The molecule has 1 N–H and O–H groups in total. The van der Waals surface area contributed by atoms with Gasteiger partial charge in [0, 0.05) is 39.4 Å². The maximum atomic E-state index is 3.60. The molecule has 1 aromatic carbocycles. The third kappa shape index (κ3) is 4.77. The Balaban J connectivity index is 2.25. The van der Waals surface area contributed by atoms with Crippen molar-refractivity contribution in [1.29, 1.82) is 0 Å². The van der Waals surface area contributed by atoms with E-state index in [0.717, 1.165) is 17.4 Å². The molecule has 1 unspecified atom stereocenters. The quantitative estimate of drug-likeness (QED) is 0.624. The van der Waals surface area contributed by atoms with Crippen LogP contribution in [0.25, 0.3) is 10.9 Å². The predicted molar refractivity (Wildman–Crippen MR) is 104 cm³/mol. The highest BCUT2D eigenvalue weighted by atomic mass is 79.9. The van der Waals surface area contributed by atoms with Crippen LogP contribution in [0, 0.1) is 5.92 Å². The molecule has 2 aromatic rings. The minimum Gasteiger partial charge on any atom is -0.347 e. The number of fused-ring (bicyclic) bond motifs is 1. The van der Waals surface area contributed by atoms with Crippen molar-refractivity contribution in [2.24, 2.45) is 5.92 Å². The number of rotatable bonds is 7. The maximum absolute atomic E-state index is 3.60. The highest BCUT2D eigenvalue weighted by Gasteiger charge is 2.13. The van der Waals surface area contributed by atoms with E-state index in [2.05, 4.69) is 84.2 Å². The topological polar surface area (TPSA) is 17.0 Å². The second kappa shape index (κ2) is 7.89. The fourth-order valence-electron chi connectivity index (χ4n) is 2.67. The predicted octanol–water partition coefficient (Wildman–Crippen LogP) is 5.64. The van der Waals surface area contributed by atoms with Crippen LogP contribution >= 0.6 is 27.9 Å². The van der Waals surface area contributed by atoms with Gasteiger partial charge in [-0.2, -0.15) is 0 Å². The molecule has 0 aliphatic heterocycles.